The second-order valence-electron chi connectivity index (χ2n) is 3.25. The lowest BCUT2D eigenvalue weighted by Crippen LogP contribution is -2.19. The summed E-state index contributed by atoms with van der Waals surface area (Å²) in [5.41, 5.74) is 0.0876. The number of rotatable bonds is 4. The number of carbonyl (C=O) groups is 1. The highest BCUT2D eigenvalue weighted by atomic mass is 35.5. The molecule has 0 saturated heterocycles. The first-order valence-corrected chi connectivity index (χ1v) is 5.04. The molecule has 15 heavy (non-hydrogen) atoms. The van der Waals surface area contributed by atoms with E-state index in [0.29, 0.717) is 5.82 Å². The largest absolute Gasteiger partial charge is 0.478 e. The third-order valence-corrected chi connectivity index (χ3v) is 2.32. The van der Waals surface area contributed by atoms with Crippen LogP contribution in [0.4, 0.5) is 5.82 Å². The fourth-order valence-corrected chi connectivity index (χ4v) is 1.43. The third kappa shape index (κ3) is 2.83. The summed E-state index contributed by atoms with van der Waals surface area (Å²) < 4.78 is 0. The van der Waals surface area contributed by atoms with Gasteiger partial charge < -0.3 is 10.0 Å². The van der Waals surface area contributed by atoms with Crippen molar-refractivity contribution in [2.45, 2.75) is 13.3 Å². The Hall–Kier alpha value is -1.29. The van der Waals surface area contributed by atoms with Crippen LogP contribution in [0.25, 0.3) is 0 Å². The molecule has 0 saturated carbocycles. The summed E-state index contributed by atoms with van der Waals surface area (Å²) in [5, 5.41) is 9.03. The number of nitrogens with zero attached hydrogens (tertiary/aromatic N) is 2. The molecule has 0 fully saturated rings. The molecule has 0 spiro atoms. The molecular weight excluding hydrogens is 216 g/mol. The number of aromatic carboxylic acids is 1. The maximum absolute atomic E-state index is 10.8. The smallest absolute Gasteiger partial charge is 0.337 e. The molecule has 0 aliphatic carbocycles. The molecule has 0 bridgehead atoms. The highest BCUT2D eigenvalue weighted by molar-refractivity contribution is 6.33. The highest BCUT2D eigenvalue weighted by Gasteiger charge is 2.11. The Kier molecular flexibility index (Phi) is 3.91. The van der Waals surface area contributed by atoms with Crippen LogP contribution in [-0.2, 0) is 0 Å². The summed E-state index contributed by atoms with van der Waals surface area (Å²) in [6, 6.07) is 1.49. The summed E-state index contributed by atoms with van der Waals surface area (Å²) in [4.78, 5) is 16.8. The van der Waals surface area contributed by atoms with E-state index in [-0.39, 0.29) is 10.6 Å². The van der Waals surface area contributed by atoms with E-state index in [1.165, 1.54) is 12.3 Å². The highest BCUT2D eigenvalue weighted by Crippen LogP contribution is 2.19. The van der Waals surface area contributed by atoms with E-state index in [0.717, 1.165) is 13.0 Å². The molecule has 0 aromatic carbocycles. The van der Waals surface area contributed by atoms with E-state index in [2.05, 4.69) is 4.98 Å². The topological polar surface area (TPSA) is 53.4 Å². The van der Waals surface area contributed by atoms with Gasteiger partial charge in [-0.25, -0.2) is 9.78 Å². The second kappa shape index (κ2) is 4.98. The Bertz CT molecular complexity index is 368. The SMILES string of the molecule is CCCN(C)c1cc(C(=O)O)c(Cl)cn1. The van der Waals surface area contributed by atoms with Crippen molar-refractivity contribution in [2.24, 2.45) is 0 Å². The van der Waals surface area contributed by atoms with Gasteiger partial charge in [0, 0.05) is 19.8 Å². The van der Waals surface area contributed by atoms with Gasteiger partial charge in [-0.15, -0.1) is 0 Å². The molecule has 5 heteroatoms. The quantitative estimate of drug-likeness (QED) is 0.859. The van der Waals surface area contributed by atoms with Crippen molar-refractivity contribution in [1.29, 1.82) is 0 Å². The fourth-order valence-electron chi connectivity index (χ4n) is 1.25. The van der Waals surface area contributed by atoms with Crippen LogP contribution in [0.1, 0.15) is 23.7 Å². The lowest BCUT2D eigenvalue weighted by Gasteiger charge is -2.17. The van der Waals surface area contributed by atoms with Crippen molar-refractivity contribution in [3.63, 3.8) is 0 Å². The monoisotopic (exact) mass is 228 g/mol. The summed E-state index contributed by atoms with van der Waals surface area (Å²) in [7, 11) is 1.87. The number of aromatic nitrogens is 1. The zero-order chi connectivity index (χ0) is 11.4. The Morgan fingerprint density at radius 2 is 2.33 bits per heavy atom. The van der Waals surface area contributed by atoms with Crippen molar-refractivity contribution in [1.82, 2.24) is 4.98 Å². The van der Waals surface area contributed by atoms with Crippen molar-refractivity contribution in [2.75, 3.05) is 18.5 Å². The van der Waals surface area contributed by atoms with Gasteiger partial charge in [0.15, 0.2) is 0 Å². The van der Waals surface area contributed by atoms with E-state index in [1.807, 2.05) is 18.9 Å². The van der Waals surface area contributed by atoms with Gasteiger partial charge in [0.05, 0.1) is 10.6 Å². The summed E-state index contributed by atoms with van der Waals surface area (Å²) in [6.07, 6.45) is 2.34. The number of anilines is 1. The number of pyridine rings is 1. The minimum absolute atomic E-state index is 0.0876. The lowest BCUT2D eigenvalue weighted by atomic mass is 10.2. The number of hydrogen-bond acceptors (Lipinski definition) is 3. The maximum Gasteiger partial charge on any atom is 0.337 e. The molecule has 0 atom stereocenters. The van der Waals surface area contributed by atoms with Gasteiger partial charge in [0.1, 0.15) is 5.82 Å². The molecular formula is C10H13ClN2O2. The molecule has 1 heterocycles. The first-order valence-electron chi connectivity index (χ1n) is 4.66. The molecule has 4 nitrogen and oxygen atoms in total. The van der Waals surface area contributed by atoms with Gasteiger partial charge in [-0.2, -0.15) is 0 Å². The van der Waals surface area contributed by atoms with Gasteiger partial charge in [0.2, 0.25) is 0 Å². The molecule has 1 N–H and O–H groups in total. The summed E-state index contributed by atoms with van der Waals surface area (Å²) in [6.45, 7) is 2.87. The molecule has 0 aliphatic heterocycles. The van der Waals surface area contributed by atoms with E-state index in [9.17, 15) is 4.79 Å². The van der Waals surface area contributed by atoms with Crippen molar-refractivity contribution >= 4 is 23.4 Å². The molecule has 0 radical (unpaired) electrons. The third-order valence-electron chi connectivity index (χ3n) is 2.02. The van der Waals surface area contributed by atoms with E-state index >= 15 is 0 Å². The van der Waals surface area contributed by atoms with Gasteiger partial charge in [-0.05, 0) is 12.5 Å². The average Bonchev–Trinajstić information content (AvgIpc) is 2.18. The first-order chi connectivity index (χ1) is 7.06. The number of halogens is 1. The second-order valence-corrected chi connectivity index (χ2v) is 3.66. The van der Waals surface area contributed by atoms with Crippen LogP contribution < -0.4 is 4.90 Å². The minimum Gasteiger partial charge on any atom is -0.478 e. The summed E-state index contributed by atoms with van der Waals surface area (Å²) >= 11 is 5.71. The fraction of sp³-hybridized carbons (Fsp3) is 0.400. The zero-order valence-corrected chi connectivity index (χ0v) is 9.45. The molecule has 1 rings (SSSR count). The van der Waals surface area contributed by atoms with Crippen molar-refractivity contribution in [3.8, 4) is 0 Å². The predicted molar refractivity (Wildman–Crippen MR) is 59.8 cm³/mol. The lowest BCUT2D eigenvalue weighted by molar-refractivity contribution is 0.0697. The Morgan fingerprint density at radius 3 is 2.87 bits per heavy atom. The van der Waals surface area contributed by atoms with Crippen LogP contribution in [0.5, 0.6) is 0 Å². The van der Waals surface area contributed by atoms with Gasteiger partial charge in [0.25, 0.3) is 0 Å². The van der Waals surface area contributed by atoms with Gasteiger partial charge in [-0.1, -0.05) is 18.5 Å². The van der Waals surface area contributed by atoms with Crippen LogP contribution >= 0.6 is 11.6 Å². The van der Waals surface area contributed by atoms with Crippen molar-refractivity contribution < 1.29 is 9.90 Å². The minimum atomic E-state index is -1.03. The molecule has 0 amide bonds. The van der Waals surface area contributed by atoms with E-state index in [4.69, 9.17) is 16.7 Å². The van der Waals surface area contributed by atoms with Crippen LogP contribution in [0, 0.1) is 0 Å². The zero-order valence-electron chi connectivity index (χ0n) is 8.70. The molecule has 1 aromatic heterocycles. The van der Waals surface area contributed by atoms with Gasteiger partial charge >= 0.3 is 5.97 Å². The number of hydrogen-bond donors (Lipinski definition) is 1. The normalized spacial score (nSPS) is 10.1. The van der Waals surface area contributed by atoms with Crippen LogP contribution in [0.15, 0.2) is 12.3 Å². The first kappa shape index (κ1) is 11.8. The van der Waals surface area contributed by atoms with E-state index in [1.54, 1.807) is 0 Å². The molecule has 82 valence electrons. The molecule has 0 aliphatic rings. The van der Waals surface area contributed by atoms with Crippen LogP contribution in [-0.4, -0.2) is 29.7 Å². The Labute approximate surface area is 93.5 Å². The van der Waals surface area contributed by atoms with E-state index < -0.39 is 5.97 Å². The predicted octanol–water partition coefficient (Wildman–Crippen LogP) is 2.28. The van der Waals surface area contributed by atoms with Gasteiger partial charge in [-0.3, -0.25) is 0 Å². The standard InChI is InChI=1S/C10H13ClN2O2/c1-3-4-13(2)9-5-7(10(14)15)8(11)6-12-9/h5-6H,3-4H2,1-2H3,(H,14,15). The van der Waals surface area contributed by atoms with Crippen LogP contribution in [0.3, 0.4) is 0 Å². The average molecular weight is 229 g/mol. The molecule has 0 unspecified atom stereocenters. The molecule has 1 aromatic rings. The number of carboxylic acid groups (broad SMARTS) is 1. The Morgan fingerprint density at radius 1 is 1.67 bits per heavy atom. The van der Waals surface area contributed by atoms with Crippen molar-refractivity contribution in [3.05, 3.63) is 22.8 Å². The maximum atomic E-state index is 10.8. The Balaban J connectivity index is 3.02. The summed E-state index contributed by atoms with van der Waals surface area (Å²) in [5.74, 6) is -0.410. The van der Waals surface area contributed by atoms with Crippen LogP contribution in [0.2, 0.25) is 5.02 Å². The number of carboxylic acids is 1.